The van der Waals surface area contributed by atoms with Crippen LogP contribution in [-0.4, -0.2) is 10.9 Å². The Labute approximate surface area is 166 Å². The average Bonchev–Trinajstić information content (AvgIpc) is 2.67. The van der Waals surface area contributed by atoms with Gasteiger partial charge in [-0.15, -0.1) is 0 Å². The van der Waals surface area contributed by atoms with E-state index in [9.17, 15) is 4.79 Å². The Bertz CT molecular complexity index is 1160. The Kier molecular flexibility index (Phi) is 4.80. The van der Waals surface area contributed by atoms with Crippen molar-refractivity contribution in [1.82, 2.24) is 4.98 Å². The Hall–Kier alpha value is -2.88. The van der Waals surface area contributed by atoms with Crippen LogP contribution in [0.4, 0.5) is 5.69 Å². The van der Waals surface area contributed by atoms with Crippen LogP contribution in [0.25, 0.3) is 22.2 Å². The molecule has 1 aromatic heterocycles. The Morgan fingerprint density at radius 2 is 1.63 bits per heavy atom. The fraction of sp³-hybridized carbons (Fsp3) is 0. The lowest BCUT2D eigenvalue weighted by molar-refractivity contribution is 0.102. The molecule has 1 amide bonds. The molecular weight excluding hydrogens is 379 g/mol. The molecule has 0 aliphatic rings. The van der Waals surface area contributed by atoms with Gasteiger partial charge in [0.15, 0.2) is 0 Å². The summed E-state index contributed by atoms with van der Waals surface area (Å²) in [5, 5.41) is 4.82. The van der Waals surface area contributed by atoms with Crippen molar-refractivity contribution < 1.29 is 4.79 Å². The van der Waals surface area contributed by atoms with Gasteiger partial charge in [0, 0.05) is 26.7 Å². The van der Waals surface area contributed by atoms with E-state index in [0.29, 0.717) is 27.0 Å². The number of amides is 1. The zero-order valence-electron chi connectivity index (χ0n) is 14.1. The van der Waals surface area contributed by atoms with Crippen molar-refractivity contribution in [1.29, 1.82) is 0 Å². The molecule has 0 atom stereocenters. The predicted octanol–water partition coefficient (Wildman–Crippen LogP) is 6.46. The van der Waals surface area contributed by atoms with E-state index >= 15 is 0 Å². The Morgan fingerprint density at radius 3 is 2.44 bits per heavy atom. The second-order valence-electron chi connectivity index (χ2n) is 6.02. The van der Waals surface area contributed by atoms with Gasteiger partial charge in [0.25, 0.3) is 5.91 Å². The van der Waals surface area contributed by atoms with E-state index in [1.54, 1.807) is 36.4 Å². The standard InChI is InChI=1S/C22H14Cl2N2O/c23-14-6-5-7-15(12-14)25-22(27)18-13-21(17-9-1-3-10-19(17)24)26-20-11-4-2-8-16(18)20/h1-13H,(H,25,27). The summed E-state index contributed by atoms with van der Waals surface area (Å²) >= 11 is 12.3. The van der Waals surface area contributed by atoms with E-state index in [0.717, 1.165) is 16.5 Å². The lowest BCUT2D eigenvalue weighted by Crippen LogP contribution is -2.13. The van der Waals surface area contributed by atoms with Crippen molar-refractivity contribution in [3.63, 3.8) is 0 Å². The highest BCUT2D eigenvalue weighted by Gasteiger charge is 2.15. The van der Waals surface area contributed by atoms with E-state index in [4.69, 9.17) is 23.2 Å². The lowest BCUT2D eigenvalue weighted by atomic mass is 10.0. The van der Waals surface area contributed by atoms with Crippen LogP contribution in [0.15, 0.2) is 78.9 Å². The Balaban J connectivity index is 1.83. The number of aromatic nitrogens is 1. The number of halogens is 2. The van der Waals surface area contributed by atoms with Crippen molar-refractivity contribution in [2.75, 3.05) is 5.32 Å². The van der Waals surface area contributed by atoms with Gasteiger partial charge in [0.1, 0.15) is 0 Å². The molecule has 0 spiro atoms. The van der Waals surface area contributed by atoms with Gasteiger partial charge in [-0.05, 0) is 36.4 Å². The fourth-order valence-electron chi connectivity index (χ4n) is 2.93. The van der Waals surface area contributed by atoms with E-state index < -0.39 is 0 Å². The number of hydrogen-bond donors (Lipinski definition) is 1. The number of fused-ring (bicyclic) bond motifs is 1. The number of anilines is 1. The fourth-order valence-corrected chi connectivity index (χ4v) is 3.36. The molecule has 0 saturated heterocycles. The molecule has 5 heteroatoms. The van der Waals surface area contributed by atoms with Gasteiger partial charge in [0.05, 0.1) is 16.8 Å². The van der Waals surface area contributed by atoms with Gasteiger partial charge < -0.3 is 5.32 Å². The van der Waals surface area contributed by atoms with Crippen molar-refractivity contribution in [3.8, 4) is 11.3 Å². The summed E-state index contributed by atoms with van der Waals surface area (Å²) in [4.78, 5) is 17.7. The highest BCUT2D eigenvalue weighted by atomic mass is 35.5. The third kappa shape index (κ3) is 3.65. The highest BCUT2D eigenvalue weighted by Crippen LogP contribution is 2.30. The van der Waals surface area contributed by atoms with Crippen LogP contribution in [0.1, 0.15) is 10.4 Å². The van der Waals surface area contributed by atoms with Crippen LogP contribution in [0.2, 0.25) is 10.0 Å². The zero-order chi connectivity index (χ0) is 18.8. The van der Waals surface area contributed by atoms with Crippen LogP contribution in [0.3, 0.4) is 0 Å². The first kappa shape index (κ1) is 17.5. The van der Waals surface area contributed by atoms with Crippen LogP contribution in [-0.2, 0) is 0 Å². The third-order valence-electron chi connectivity index (χ3n) is 4.19. The summed E-state index contributed by atoms with van der Waals surface area (Å²) in [5.41, 5.74) is 3.31. The molecule has 4 aromatic rings. The normalized spacial score (nSPS) is 10.7. The largest absolute Gasteiger partial charge is 0.322 e. The monoisotopic (exact) mass is 392 g/mol. The molecule has 0 fully saturated rings. The maximum absolute atomic E-state index is 13.0. The van der Waals surface area contributed by atoms with Crippen LogP contribution >= 0.6 is 23.2 Å². The summed E-state index contributed by atoms with van der Waals surface area (Å²) in [5.74, 6) is -0.232. The van der Waals surface area contributed by atoms with Gasteiger partial charge in [-0.2, -0.15) is 0 Å². The molecule has 0 aliphatic carbocycles. The minimum absolute atomic E-state index is 0.232. The molecule has 132 valence electrons. The molecule has 4 rings (SSSR count). The molecule has 1 heterocycles. The smallest absolute Gasteiger partial charge is 0.256 e. The van der Waals surface area contributed by atoms with E-state index in [2.05, 4.69) is 10.3 Å². The minimum Gasteiger partial charge on any atom is -0.322 e. The van der Waals surface area contributed by atoms with Gasteiger partial charge in [-0.3, -0.25) is 4.79 Å². The van der Waals surface area contributed by atoms with E-state index in [1.807, 2.05) is 42.5 Å². The molecule has 0 aliphatic heterocycles. The first-order valence-corrected chi connectivity index (χ1v) is 9.09. The lowest BCUT2D eigenvalue weighted by Gasteiger charge is -2.11. The number of nitrogens with one attached hydrogen (secondary N) is 1. The molecule has 0 unspecified atom stereocenters. The quantitative estimate of drug-likeness (QED) is 0.434. The predicted molar refractivity (Wildman–Crippen MR) is 112 cm³/mol. The highest BCUT2D eigenvalue weighted by molar-refractivity contribution is 6.33. The molecule has 27 heavy (non-hydrogen) atoms. The molecule has 0 saturated carbocycles. The number of benzene rings is 3. The zero-order valence-corrected chi connectivity index (χ0v) is 15.6. The number of rotatable bonds is 3. The average molecular weight is 393 g/mol. The second kappa shape index (κ2) is 7.39. The van der Waals surface area contributed by atoms with Crippen LogP contribution < -0.4 is 5.32 Å². The minimum atomic E-state index is -0.232. The number of carbonyl (C=O) groups excluding carboxylic acids is 1. The summed E-state index contributed by atoms with van der Waals surface area (Å²) in [7, 11) is 0. The third-order valence-corrected chi connectivity index (χ3v) is 4.76. The summed E-state index contributed by atoms with van der Waals surface area (Å²) in [6.07, 6.45) is 0. The molecule has 3 aromatic carbocycles. The van der Waals surface area contributed by atoms with Gasteiger partial charge in [0.2, 0.25) is 0 Å². The number of hydrogen-bond acceptors (Lipinski definition) is 2. The summed E-state index contributed by atoms with van der Waals surface area (Å²) in [6, 6.07) is 23.8. The molecule has 0 radical (unpaired) electrons. The van der Waals surface area contributed by atoms with Crippen molar-refractivity contribution in [2.24, 2.45) is 0 Å². The first-order chi connectivity index (χ1) is 13.1. The van der Waals surface area contributed by atoms with E-state index in [1.165, 1.54) is 0 Å². The van der Waals surface area contributed by atoms with Gasteiger partial charge in [-0.1, -0.05) is 65.7 Å². The van der Waals surface area contributed by atoms with Crippen molar-refractivity contribution in [3.05, 3.63) is 94.5 Å². The van der Waals surface area contributed by atoms with Crippen molar-refractivity contribution in [2.45, 2.75) is 0 Å². The van der Waals surface area contributed by atoms with Crippen LogP contribution in [0.5, 0.6) is 0 Å². The first-order valence-electron chi connectivity index (χ1n) is 8.33. The SMILES string of the molecule is O=C(Nc1cccc(Cl)c1)c1cc(-c2ccccc2Cl)nc2ccccc12. The Morgan fingerprint density at radius 1 is 0.852 bits per heavy atom. The summed E-state index contributed by atoms with van der Waals surface area (Å²) < 4.78 is 0. The molecule has 0 bridgehead atoms. The molecule has 3 nitrogen and oxygen atoms in total. The number of pyridine rings is 1. The molecular formula is C22H14Cl2N2O. The topological polar surface area (TPSA) is 42.0 Å². The van der Waals surface area contributed by atoms with Crippen LogP contribution in [0, 0.1) is 0 Å². The summed E-state index contributed by atoms with van der Waals surface area (Å²) in [6.45, 7) is 0. The van der Waals surface area contributed by atoms with Gasteiger partial charge >= 0.3 is 0 Å². The maximum Gasteiger partial charge on any atom is 0.256 e. The number of para-hydroxylation sites is 1. The number of carbonyl (C=O) groups is 1. The second-order valence-corrected chi connectivity index (χ2v) is 6.86. The van der Waals surface area contributed by atoms with Crippen molar-refractivity contribution >= 4 is 45.7 Å². The maximum atomic E-state index is 13.0. The molecule has 1 N–H and O–H groups in total. The van der Waals surface area contributed by atoms with E-state index in [-0.39, 0.29) is 5.91 Å². The van der Waals surface area contributed by atoms with Gasteiger partial charge in [-0.25, -0.2) is 4.98 Å². The number of nitrogens with zero attached hydrogens (tertiary/aromatic N) is 1.